The zero-order valence-corrected chi connectivity index (χ0v) is 12.5. The fourth-order valence-corrected chi connectivity index (χ4v) is 2.83. The number of hydrogen-bond acceptors (Lipinski definition) is 3. The third kappa shape index (κ3) is 2.69. The Balaban J connectivity index is 1.68. The van der Waals surface area contributed by atoms with Crippen molar-refractivity contribution in [3.05, 3.63) is 36.0 Å². The number of carbonyl (C=O) groups excluding carboxylic acids is 1. The van der Waals surface area contributed by atoms with E-state index in [1.54, 1.807) is 11.8 Å². The molecule has 3 rings (SSSR count). The molecule has 6 nitrogen and oxygen atoms in total. The maximum Gasteiger partial charge on any atom is 0.320 e. The van der Waals surface area contributed by atoms with Gasteiger partial charge in [-0.1, -0.05) is 18.2 Å². The molecule has 0 spiro atoms. The lowest BCUT2D eigenvalue weighted by Crippen LogP contribution is -2.53. The number of aromatic amines is 1. The molecule has 0 bridgehead atoms. The van der Waals surface area contributed by atoms with E-state index in [1.165, 1.54) is 0 Å². The van der Waals surface area contributed by atoms with Crippen LogP contribution in [-0.4, -0.2) is 64.0 Å². The molecular formula is C16H19N3O3. The average Bonchev–Trinajstić information content (AvgIpc) is 2.97. The number of nitrogens with zero attached hydrogens (tertiary/aromatic N) is 2. The quantitative estimate of drug-likeness (QED) is 0.898. The number of carboxylic acid groups (broad SMARTS) is 1. The van der Waals surface area contributed by atoms with Gasteiger partial charge < -0.3 is 15.0 Å². The lowest BCUT2D eigenvalue weighted by molar-refractivity contribution is -0.143. The minimum absolute atomic E-state index is 0.0289. The van der Waals surface area contributed by atoms with Crippen LogP contribution in [0.4, 0.5) is 0 Å². The highest BCUT2D eigenvalue weighted by Crippen LogP contribution is 2.17. The van der Waals surface area contributed by atoms with E-state index in [2.05, 4.69) is 4.98 Å². The zero-order valence-electron chi connectivity index (χ0n) is 12.5. The van der Waals surface area contributed by atoms with Crippen molar-refractivity contribution in [3.8, 4) is 0 Å². The molecule has 1 fully saturated rings. The van der Waals surface area contributed by atoms with E-state index in [4.69, 9.17) is 5.11 Å². The van der Waals surface area contributed by atoms with Crippen LogP contribution in [0.1, 0.15) is 17.4 Å². The second-order valence-electron chi connectivity index (χ2n) is 5.61. The molecule has 1 aliphatic heterocycles. The molecular weight excluding hydrogens is 282 g/mol. The van der Waals surface area contributed by atoms with Crippen LogP contribution in [0.3, 0.4) is 0 Å². The number of para-hydroxylation sites is 1. The summed E-state index contributed by atoms with van der Waals surface area (Å²) in [6.45, 7) is 3.94. The number of carbonyl (C=O) groups is 2. The van der Waals surface area contributed by atoms with Gasteiger partial charge in [0.25, 0.3) is 5.91 Å². The number of carboxylic acids is 1. The topological polar surface area (TPSA) is 76.6 Å². The maximum absolute atomic E-state index is 12.5. The summed E-state index contributed by atoms with van der Waals surface area (Å²) in [5.74, 6) is -0.853. The number of fused-ring (bicyclic) bond motifs is 1. The van der Waals surface area contributed by atoms with Crippen LogP contribution >= 0.6 is 0 Å². The first-order valence-corrected chi connectivity index (χ1v) is 7.40. The molecule has 2 N–H and O–H groups in total. The smallest absolute Gasteiger partial charge is 0.320 e. The summed E-state index contributed by atoms with van der Waals surface area (Å²) >= 11 is 0. The molecule has 6 heteroatoms. The Bertz CT molecular complexity index is 668. The van der Waals surface area contributed by atoms with Crippen molar-refractivity contribution in [3.63, 3.8) is 0 Å². The molecule has 116 valence electrons. The van der Waals surface area contributed by atoms with Crippen molar-refractivity contribution in [2.24, 2.45) is 0 Å². The number of piperazine rings is 1. The molecule has 0 unspecified atom stereocenters. The molecule has 1 atom stereocenters. The summed E-state index contributed by atoms with van der Waals surface area (Å²) < 4.78 is 0. The Kier molecular flexibility index (Phi) is 3.85. The Morgan fingerprint density at radius 1 is 1.18 bits per heavy atom. The normalized spacial score (nSPS) is 17.6. The van der Waals surface area contributed by atoms with Crippen LogP contribution in [0, 0.1) is 0 Å². The highest BCUT2D eigenvalue weighted by Gasteiger charge is 2.28. The van der Waals surface area contributed by atoms with Crippen molar-refractivity contribution in [2.45, 2.75) is 13.0 Å². The zero-order chi connectivity index (χ0) is 15.7. The number of aromatic nitrogens is 1. The first-order valence-electron chi connectivity index (χ1n) is 7.40. The predicted octanol–water partition coefficient (Wildman–Crippen LogP) is 1.40. The molecule has 0 aliphatic carbocycles. The first-order chi connectivity index (χ1) is 10.6. The largest absolute Gasteiger partial charge is 0.480 e. The molecule has 1 aromatic heterocycles. The van der Waals surface area contributed by atoms with Crippen LogP contribution in [-0.2, 0) is 4.79 Å². The van der Waals surface area contributed by atoms with Crippen LogP contribution in [0.15, 0.2) is 30.3 Å². The van der Waals surface area contributed by atoms with Crippen molar-refractivity contribution >= 4 is 22.8 Å². The molecule has 22 heavy (non-hydrogen) atoms. The molecule has 1 aliphatic rings. The van der Waals surface area contributed by atoms with Gasteiger partial charge in [0.1, 0.15) is 11.7 Å². The second-order valence-corrected chi connectivity index (χ2v) is 5.61. The Morgan fingerprint density at radius 3 is 2.50 bits per heavy atom. The van der Waals surface area contributed by atoms with Crippen LogP contribution < -0.4 is 0 Å². The monoisotopic (exact) mass is 301 g/mol. The van der Waals surface area contributed by atoms with Crippen LogP contribution in [0.2, 0.25) is 0 Å². The lowest BCUT2D eigenvalue weighted by atomic mass is 10.2. The van der Waals surface area contributed by atoms with Gasteiger partial charge in [-0.15, -0.1) is 0 Å². The van der Waals surface area contributed by atoms with Crippen molar-refractivity contribution in [1.29, 1.82) is 0 Å². The molecule has 1 saturated heterocycles. The minimum Gasteiger partial charge on any atom is -0.480 e. The standard InChI is InChI=1S/C16H19N3O3/c1-11(16(21)22)18-6-8-19(9-7-18)15(20)14-10-12-4-2-3-5-13(12)17-14/h2-5,10-11,17H,6-9H2,1H3,(H,21,22)/t11-/m0/s1. The Hall–Kier alpha value is -2.34. The fraction of sp³-hybridized carbons (Fsp3) is 0.375. The molecule has 0 saturated carbocycles. The van der Waals surface area contributed by atoms with Gasteiger partial charge in [0, 0.05) is 37.1 Å². The minimum atomic E-state index is -0.824. The number of H-pyrrole nitrogens is 1. The van der Waals surface area contributed by atoms with Crippen molar-refractivity contribution < 1.29 is 14.7 Å². The van der Waals surface area contributed by atoms with Gasteiger partial charge in [-0.2, -0.15) is 0 Å². The highest BCUT2D eigenvalue weighted by molar-refractivity contribution is 5.98. The van der Waals surface area contributed by atoms with Gasteiger partial charge in [-0.3, -0.25) is 14.5 Å². The Labute approximate surface area is 128 Å². The summed E-state index contributed by atoms with van der Waals surface area (Å²) in [6, 6.07) is 9.14. The lowest BCUT2D eigenvalue weighted by Gasteiger charge is -2.36. The summed E-state index contributed by atoms with van der Waals surface area (Å²) in [4.78, 5) is 30.4. The molecule has 1 amide bonds. The van der Waals surface area contributed by atoms with E-state index in [1.807, 2.05) is 35.2 Å². The molecule has 2 heterocycles. The highest BCUT2D eigenvalue weighted by atomic mass is 16.4. The van der Waals surface area contributed by atoms with E-state index in [0.29, 0.717) is 31.9 Å². The number of amides is 1. The van der Waals surface area contributed by atoms with Gasteiger partial charge in [0.05, 0.1) is 0 Å². The summed E-state index contributed by atoms with van der Waals surface area (Å²) in [7, 11) is 0. The van der Waals surface area contributed by atoms with Gasteiger partial charge in [0.15, 0.2) is 0 Å². The molecule has 0 radical (unpaired) electrons. The van der Waals surface area contributed by atoms with E-state index < -0.39 is 12.0 Å². The fourth-order valence-electron chi connectivity index (χ4n) is 2.83. The van der Waals surface area contributed by atoms with Crippen molar-refractivity contribution in [1.82, 2.24) is 14.8 Å². The molecule has 2 aromatic rings. The van der Waals surface area contributed by atoms with E-state index in [0.717, 1.165) is 10.9 Å². The van der Waals surface area contributed by atoms with Gasteiger partial charge >= 0.3 is 5.97 Å². The predicted molar refractivity (Wildman–Crippen MR) is 82.9 cm³/mol. The summed E-state index contributed by atoms with van der Waals surface area (Å²) in [6.07, 6.45) is 0. The van der Waals surface area contributed by atoms with Gasteiger partial charge in [-0.25, -0.2) is 0 Å². The Morgan fingerprint density at radius 2 is 1.86 bits per heavy atom. The van der Waals surface area contributed by atoms with E-state index in [9.17, 15) is 9.59 Å². The number of aliphatic carboxylic acids is 1. The van der Waals surface area contributed by atoms with Gasteiger partial charge in [0.2, 0.25) is 0 Å². The van der Waals surface area contributed by atoms with Crippen molar-refractivity contribution in [2.75, 3.05) is 26.2 Å². The third-order valence-corrected chi connectivity index (χ3v) is 4.27. The number of rotatable bonds is 3. The van der Waals surface area contributed by atoms with Gasteiger partial charge in [-0.05, 0) is 19.1 Å². The third-order valence-electron chi connectivity index (χ3n) is 4.27. The first kappa shape index (κ1) is 14.6. The number of nitrogens with one attached hydrogen (secondary N) is 1. The number of hydrogen-bond donors (Lipinski definition) is 2. The van der Waals surface area contributed by atoms with E-state index >= 15 is 0 Å². The average molecular weight is 301 g/mol. The molecule has 1 aromatic carbocycles. The number of benzene rings is 1. The van der Waals surface area contributed by atoms with Crippen LogP contribution in [0.5, 0.6) is 0 Å². The van der Waals surface area contributed by atoms with E-state index in [-0.39, 0.29) is 5.91 Å². The maximum atomic E-state index is 12.5. The second kappa shape index (κ2) is 5.81. The summed E-state index contributed by atoms with van der Waals surface area (Å²) in [5, 5.41) is 10.1. The SMILES string of the molecule is C[C@@H](C(=O)O)N1CCN(C(=O)c2cc3ccccc3[nH]2)CC1. The van der Waals surface area contributed by atoms with Crippen LogP contribution in [0.25, 0.3) is 10.9 Å². The summed E-state index contributed by atoms with van der Waals surface area (Å²) in [5.41, 5.74) is 1.53.